The summed E-state index contributed by atoms with van der Waals surface area (Å²) in [5.41, 5.74) is 1.88. The van der Waals surface area contributed by atoms with Gasteiger partial charge in [-0.2, -0.15) is 0 Å². The van der Waals surface area contributed by atoms with Gasteiger partial charge in [0, 0.05) is 23.5 Å². The SMILES string of the molecule is COc1cccc2[nH]cc(CC3NC(=O)NC3=O)c12. The minimum atomic E-state index is -0.531. The van der Waals surface area contributed by atoms with Crippen molar-refractivity contribution in [1.82, 2.24) is 15.6 Å². The fourth-order valence-electron chi connectivity index (χ4n) is 2.37. The summed E-state index contributed by atoms with van der Waals surface area (Å²) in [4.78, 5) is 25.8. The second-order valence-corrected chi connectivity index (χ2v) is 4.42. The van der Waals surface area contributed by atoms with E-state index in [1.165, 1.54) is 0 Å². The summed E-state index contributed by atoms with van der Waals surface area (Å²) < 4.78 is 5.33. The number of hydrogen-bond acceptors (Lipinski definition) is 3. The van der Waals surface area contributed by atoms with Crippen LogP contribution in [0.2, 0.25) is 0 Å². The molecule has 6 nitrogen and oxygen atoms in total. The molecule has 2 heterocycles. The molecule has 19 heavy (non-hydrogen) atoms. The van der Waals surface area contributed by atoms with Crippen LogP contribution in [0, 0.1) is 0 Å². The lowest BCUT2D eigenvalue weighted by atomic mass is 10.0. The number of H-pyrrole nitrogens is 1. The maximum Gasteiger partial charge on any atom is 0.322 e. The van der Waals surface area contributed by atoms with E-state index in [0.717, 1.165) is 22.2 Å². The number of aromatic amines is 1. The monoisotopic (exact) mass is 259 g/mol. The number of benzene rings is 1. The summed E-state index contributed by atoms with van der Waals surface area (Å²) in [6.07, 6.45) is 2.27. The molecule has 1 unspecified atom stereocenters. The van der Waals surface area contributed by atoms with Crippen LogP contribution in [0.4, 0.5) is 4.79 Å². The van der Waals surface area contributed by atoms with Crippen molar-refractivity contribution in [3.05, 3.63) is 30.0 Å². The van der Waals surface area contributed by atoms with Crippen LogP contribution in [0.25, 0.3) is 10.9 Å². The van der Waals surface area contributed by atoms with Gasteiger partial charge >= 0.3 is 6.03 Å². The maximum absolute atomic E-state index is 11.6. The van der Waals surface area contributed by atoms with E-state index < -0.39 is 12.1 Å². The highest BCUT2D eigenvalue weighted by atomic mass is 16.5. The molecule has 3 amide bonds. The fourth-order valence-corrected chi connectivity index (χ4v) is 2.37. The van der Waals surface area contributed by atoms with Crippen molar-refractivity contribution in [2.75, 3.05) is 7.11 Å². The number of imide groups is 1. The molecule has 1 aromatic heterocycles. The molecule has 3 rings (SSSR count). The number of carbonyl (C=O) groups is 2. The quantitative estimate of drug-likeness (QED) is 0.717. The van der Waals surface area contributed by atoms with E-state index in [9.17, 15) is 9.59 Å². The molecule has 1 saturated heterocycles. The van der Waals surface area contributed by atoms with E-state index in [-0.39, 0.29) is 5.91 Å². The molecule has 1 atom stereocenters. The van der Waals surface area contributed by atoms with Crippen LogP contribution in [0.3, 0.4) is 0 Å². The lowest BCUT2D eigenvalue weighted by molar-refractivity contribution is -0.120. The van der Waals surface area contributed by atoms with Crippen LogP contribution >= 0.6 is 0 Å². The maximum atomic E-state index is 11.6. The third-order valence-corrected chi connectivity index (χ3v) is 3.25. The smallest absolute Gasteiger partial charge is 0.322 e. The molecule has 1 aliphatic heterocycles. The molecule has 1 aromatic carbocycles. The minimum Gasteiger partial charge on any atom is -0.496 e. The Morgan fingerprint density at radius 2 is 2.16 bits per heavy atom. The Balaban J connectivity index is 1.97. The normalized spacial score (nSPS) is 18.5. The summed E-state index contributed by atoms with van der Waals surface area (Å²) in [6, 6.07) is 4.73. The molecule has 0 saturated carbocycles. The van der Waals surface area contributed by atoms with Crippen molar-refractivity contribution in [1.29, 1.82) is 0 Å². The third-order valence-electron chi connectivity index (χ3n) is 3.25. The average Bonchev–Trinajstić information content (AvgIpc) is 2.94. The molecule has 3 N–H and O–H groups in total. The molecule has 1 aliphatic rings. The first-order chi connectivity index (χ1) is 9.19. The van der Waals surface area contributed by atoms with Gasteiger partial charge in [-0.15, -0.1) is 0 Å². The third kappa shape index (κ3) is 1.91. The van der Waals surface area contributed by atoms with E-state index in [1.807, 2.05) is 24.4 Å². The number of rotatable bonds is 3. The van der Waals surface area contributed by atoms with Gasteiger partial charge in [-0.05, 0) is 17.7 Å². The highest BCUT2D eigenvalue weighted by Crippen LogP contribution is 2.29. The lowest BCUT2D eigenvalue weighted by Crippen LogP contribution is -2.30. The van der Waals surface area contributed by atoms with E-state index in [0.29, 0.717) is 6.42 Å². The van der Waals surface area contributed by atoms with Gasteiger partial charge in [0.15, 0.2) is 0 Å². The van der Waals surface area contributed by atoms with Gasteiger partial charge in [0.2, 0.25) is 0 Å². The second kappa shape index (κ2) is 4.31. The summed E-state index contributed by atoms with van der Waals surface area (Å²) in [6.45, 7) is 0. The number of nitrogens with one attached hydrogen (secondary N) is 3. The first kappa shape index (κ1) is 11.6. The number of aromatic nitrogens is 1. The van der Waals surface area contributed by atoms with Crippen molar-refractivity contribution in [2.24, 2.45) is 0 Å². The number of amides is 3. The largest absolute Gasteiger partial charge is 0.496 e. The van der Waals surface area contributed by atoms with Crippen LogP contribution in [-0.4, -0.2) is 30.1 Å². The lowest BCUT2D eigenvalue weighted by Gasteiger charge is -2.08. The van der Waals surface area contributed by atoms with Crippen LogP contribution < -0.4 is 15.4 Å². The Morgan fingerprint density at radius 3 is 2.84 bits per heavy atom. The van der Waals surface area contributed by atoms with E-state index in [2.05, 4.69) is 15.6 Å². The van der Waals surface area contributed by atoms with E-state index in [1.54, 1.807) is 7.11 Å². The Morgan fingerprint density at radius 1 is 1.32 bits per heavy atom. The predicted octanol–water partition coefficient (Wildman–Crippen LogP) is 0.927. The number of fused-ring (bicyclic) bond motifs is 1. The molecule has 1 fully saturated rings. The highest BCUT2D eigenvalue weighted by Gasteiger charge is 2.30. The molecule has 0 spiro atoms. The van der Waals surface area contributed by atoms with E-state index in [4.69, 9.17) is 4.74 Å². The Bertz CT molecular complexity index is 662. The van der Waals surface area contributed by atoms with Crippen LogP contribution in [-0.2, 0) is 11.2 Å². The van der Waals surface area contributed by atoms with Gasteiger partial charge in [0.25, 0.3) is 5.91 Å². The zero-order valence-electron chi connectivity index (χ0n) is 10.3. The molecule has 0 bridgehead atoms. The first-order valence-electron chi connectivity index (χ1n) is 5.93. The Hall–Kier alpha value is -2.50. The zero-order valence-corrected chi connectivity index (χ0v) is 10.3. The van der Waals surface area contributed by atoms with Gasteiger partial charge in [-0.1, -0.05) is 6.07 Å². The number of carbonyl (C=O) groups excluding carboxylic acids is 2. The van der Waals surface area contributed by atoms with Gasteiger partial charge < -0.3 is 15.0 Å². The first-order valence-corrected chi connectivity index (χ1v) is 5.93. The van der Waals surface area contributed by atoms with Crippen LogP contribution in [0.1, 0.15) is 5.56 Å². The van der Waals surface area contributed by atoms with Crippen molar-refractivity contribution in [3.8, 4) is 5.75 Å². The van der Waals surface area contributed by atoms with E-state index >= 15 is 0 Å². The van der Waals surface area contributed by atoms with Gasteiger partial charge in [0.05, 0.1) is 7.11 Å². The molecule has 0 radical (unpaired) electrons. The molecular weight excluding hydrogens is 246 g/mol. The predicted molar refractivity (Wildman–Crippen MR) is 69.0 cm³/mol. The Labute approximate surface area is 109 Å². The van der Waals surface area contributed by atoms with Gasteiger partial charge in [0.1, 0.15) is 11.8 Å². The highest BCUT2D eigenvalue weighted by molar-refractivity contribution is 6.04. The average molecular weight is 259 g/mol. The summed E-state index contributed by atoms with van der Waals surface area (Å²) in [5, 5.41) is 5.76. The Kier molecular flexibility index (Phi) is 2.63. The standard InChI is InChI=1S/C13H13N3O3/c1-19-10-4-2-3-8-11(10)7(6-14-8)5-9-12(17)16-13(18)15-9/h2-4,6,9,14H,5H2,1H3,(H2,15,16,17,18). The summed E-state index contributed by atoms with van der Waals surface area (Å²) >= 11 is 0. The number of ether oxygens (including phenoxy) is 1. The zero-order chi connectivity index (χ0) is 13.4. The van der Waals surface area contributed by atoms with Crippen LogP contribution in [0.15, 0.2) is 24.4 Å². The van der Waals surface area contributed by atoms with Crippen LogP contribution in [0.5, 0.6) is 5.75 Å². The topological polar surface area (TPSA) is 83.2 Å². The number of methoxy groups -OCH3 is 1. The fraction of sp³-hybridized carbons (Fsp3) is 0.231. The van der Waals surface area contributed by atoms with Crippen molar-refractivity contribution < 1.29 is 14.3 Å². The minimum absolute atomic E-state index is 0.297. The second-order valence-electron chi connectivity index (χ2n) is 4.42. The molecule has 0 aliphatic carbocycles. The number of urea groups is 1. The van der Waals surface area contributed by atoms with Gasteiger partial charge in [-0.25, -0.2) is 4.79 Å². The van der Waals surface area contributed by atoms with Crippen molar-refractivity contribution in [3.63, 3.8) is 0 Å². The summed E-state index contributed by atoms with van der Waals surface area (Å²) in [5.74, 6) is 0.452. The van der Waals surface area contributed by atoms with Gasteiger partial charge in [-0.3, -0.25) is 10.1 Å². The number of hydrogen-bond donors (Lipinski definition) is 3. The van der Waals surface area contributed by atoms with Crippen molar-refractivity contribution >= 4 is 22.8 Å². The van der Waals surface area contributed by atoms with Crippen molar-refractivity contribution in [2.45, 2.75) is 12.5 Å². The molecule has 6 heteroatoms. The molecule has 98 valence electrons. The molecule has 2 aromatic rings. The molecular formula is C13H13N3O3. The summed E-state index contributed by atoms with van der Waals surface area (Å²) in [7, 11) is 1.61.